The number of carbonyl (C=O) groups is 1. The molecule has 1 fully saturated rings. The summed E-state index contributed by atoms with van der Waals surface area (Å²) in [6, 6.07) is 16.3. The Labute approximate surface area is 217 Å². The molecule has 4 aromatic rings. The van der Waals surface area contributed by atoms with Gasteiger partial charge in [0.05, 0.1) is 35.5 Å². The third kappa shape index (κ3) is 5.14. The number of amides is 1. The molecule has 2 aromatic carbocycles. The molecule has 0 saturated carbocycles. The Morgan fingerprint density at radius 3 is 2.54 bits per heavy atom. The van der Waals surface area contributed by atoms with Crippen LogP contribution in [-0.4, -0.2) is 52.6 Å². The molecule has 0 aliphatic carbocycles. The second-order valence-corrected chi connectivity index (χ2v) is 9.84. The van der Waals surface area contributed by atoms with E-state index in [2.05, 4.69) is 58.5 Å². The molecule has 1 aliphatic heterocycles. The molecule has 2 aromatic heterocycles. The number of carbonyl (C=O) groups excluding carboxylic acids is 1. The van der Waals surface area contributed by atoms with Crippen LogP contribution in [0.25, 0.3) is 16.6 Å². The van der Waals surface area contributed by atoms with Crippen molar-refractivity contribution < 1.29 is 9.53 Å². The summed E-state index contributed by atoms with van der Waals surface area (Å²) in [6.07, 6.45) is 2.62. The molecule has 1 amide bonds. The van der Waals surface area contributed by atoms with Crippen LogP contribution in [0.2, 0.25) is 0 Å². The van der Waals surface area contributed by atoms with E-state index < -0.39 is 0 Å². The minimum Gasteiger partial charge on any atom is -0.497 e. The van der Waals surface area contributed by atoms with Gasteiger partial charge < -0.3 is 15.0 Å². The fraction of sp³-hybridized carbons (Fsp3) is 0.379. The number of benzene rings is 2. The van der Waals surface area contributed by atoms with Crippen LogP contribution in [-0.2, 0) is 11.2 Å². The number of aromatic nitrogens is 4. The molecule has 5 rings (SSSR count). The molecule has 0 radical (unpaired) electrons. The summed E-state index contributed by atoms with van der Waals surface area (Å²) >= 11 is 0. The van der Waals surface area contributed by atoms with E-state index in [-0.39, 0.29) is 11.8 Å². The zero-order valence-corrected chi connectivity index (χ0v) is 22.0. The van der Waals surface area contributed by atoms with Crippen molar-refractivity contribution >= 4 is 22.6 Å². The maximum Gasteiger partial charge on any atom is 0.224 e. The number of hydrogen-bond donors (Lipinski definition) is 1. The quantitative estimate of drug-likeness (QED) is 0.408. The van der Waals surface area contributed by atoms with Gasteiger partial charge in [-0.05, 0) is 69.9 Å². The predicted molar refractivity (Wildman–Crippen MR) is 146 cm³/mol. The van der Waals surface area contributed by atoms with E-state index >= 15 is 0 Å². The van der Waals surface area contributed by atoms with E-state index in [9.17, 15) is 4.79 Å². The summed E-state index contributed by atoms with van der Waals surface area (Å²) in [5.74, 6) is 1.56. The number of anilines is 1. The summed E-state index contributed by atoms with van der Waals surface area (Å²) in [5.41, 5.74) is 6.10. The summed E-state index contributed by atoms with van der Waals surface area (Å²) in [4.78, 5) is 15.2. The van der Waals surface area contributed by atoms with Crippen molar-refractivity contribution in [2.75, 3.05) is 31.6 Å². The third-order valence-electron chi connectivity index (χ3n) is 7.23. The average molecular weight is 499 g/mol. The summed E-state index contributed by atoms with van der Waals surface area (Å²) in [7, 11) is 1.66. The number of methoxy groups -OCH3 is 1. The van der Waals surface area contributed by atoms with Crippen LogP contribution in [0.5, 0.6) is 5.75 Å². The first-order valence-corrected chi connectivity index (χ1v) is 12.9. The molecule has 0 bridgehead atoms. The number of nitrogens with one attached hydrogen (secondary N) is 1. The van der Waals surface area contributed by atoms with Gasteiger partial charge in [0.25, 0.3) is 0 Å². The van der Waals surface area contributed by atoms with Gasteiger partial charge in [0, 0.05) is 19.6 Å². The number of fused-ring (bicyclic) bond motifs is 1. The topological polar surface area (TPSA) is 85.2 Å². The monoisotopic (exact) mass is 498 g/mol. The lowest BCUT2D eigenvalue weighted by Gasteiger charge is -2.32. The fourth-order valence-electron chi connectivity index (χ4n) is 5.11. The van der Waals surface area contributed by atoms with E-state index in [1.54, 1.807) is 7.11 Å². The fourth-order valence-corrected chi connectivity index (χ4v) is 5.11. The number of nitrogens with zero attached hydrogens (tertiary/aromatic N) is 5. The van der Waals surface area contributed by atoms with Crippen molar-refractivity contribution in [1.82, 2.24) is 25.3 Å². The minimum atomic E-state index is -0.0882. The molecule has 1 aliphatic rings. The Morgan fingerprint density at radius 1 is 1.05 bits per heavy atom. The summed E-state index contributed by atoms with van der Waals surface area (Å²) in [5, 5.41) is 18.1. The molecule has 1 atom stereocenters. The lowest BCUT2D eigenvalue weighted by atomic mass is 9.97. The standard InChI is InChI=1S/C29H34N6O2/c1-19-7-9-22(10-8-19)15-16-30-29(36)23-6-5-17-34(18-23)28-27-26(20(2)31-32-28)21(3)35(33-27)24-11-13-25(37-4)14-12-24/h7-14,23H,5-6,15-18H2,1-4H3,(H,30,36)/t23-/m0/s1. The van der Waals surface area contributed by atoms with Gasteiger partial charge in [-0.25, -0.2) is 4.68 Å². The number of hydrogen-bond acceptors (Lipinski definition) is 6. The summed E-state index contributed by atoms with van der Waals surface area (Å²) < 4.78 is 7.24. The highest BCUT2D eigenvalue weighted by Gasteiger charge is 2.29. The molecule has 1 N–H and O–H groups in total. The van der Waals surface area contributed by atoms with E-state index in [4.69, 9.17) is 9.84 Å². The number of rotatable bonds is 7. The Balaban J connectivity index is 1.33. The van der Waals surface area contributed by atoms with Crippen molar-refractivity contribution in [3.8, 4) is 11.4 Å². The molecule has 37 heavy (non-hydrogen) atoms. The first-order chi connectivity index (χ1) is 17.9. The van der Waals surface area contributed by atoms with Crippen LogP contribution in [0, 0.1) is 26.7 Å². The largest absolute Gasteiger partial charge is 0.497 e. The second-order valence-electron chi connectivity index (χ2n) is 9.84. The Bertz CT molecular complexity index is 1390. The van der Waals surface area contributed by atoms with Gasteiger partial charge >= 0.3 is 0 Å². The van der Waals surface area contributed by atoms with E-state index in [1.807, 2.05) is 35.9 Å². The van der Waals surface area contributed by atoms with Gasteiger partial charge in [0.1, 0.15) is 11.3 Å². The molecule has 0 unspecified atom stereocenters. The Hall–Kier alpha value is -3.94. The molecule has 3 heterocycles. The first-order valence-electron chi connectivity index (χ1n) is 12.9. The van der Waals surface area contributed by atoms with E-state index in [1.165, 1.54) is 11.1 Å². The molecule has 8 nitrogen and oxygen atoms in total. The van der Waals surface area contributed by atoms with Crippen molar-refractivity contribution in [1.29, 1.82) is 0 Å². The van der Waals surface area contributed by atoms with Crippen LogP contribution in [0.15, 0.2) is 48.5 Å². The smallest absolute Gasteiger partial charge is 0.224 e. The number of ether oxygens (including phenoxy) is 1. The highest BCUT2D eigenvalue weighted by molar-refractivity contribution is 5.92. The van der Waals surface area contributed by atoms with Crippen LogP contribution in [0.1, 0.15) is 35.4 Å². The maximum absolute atomic E-state index is 13.0. The second kappa shape index (κ2) is 10.6. The molecule has 8 heteroatoms. The lowest BCUT2D eigenvalue weighted by Crippen LogP contribution is -2.44. The Morgan fingerprint density at radius 2 is 1.81 bits per heavy atom. The van der Waals surface area contributed by atoms with Gasteiger partial charge in [0.15, 0.2) is 5.82 Å². The average Bonchev–Trinajstić information content (AvgIpc) is 3.28. The first kappa shape index (κ1) is 24.7. The van der Waals surface area contributed by atoms with Crippen molar-refractivity contribution in [2.24, 2.45) is 5.92 Å². The van der Waals surface area contributed by atoms with Crippen LogP contribution < -0.4 is 15.0 Å². The molecule has 0 spiro atoms. The highest BCUT2D eigenvalue weighted by Crippen LogP contribution is 2.32. The van der Waals surface area contributed by atoms with Crippen molar-refractivity contribution in [3.63, 3.8) is 0 Å². The van der Waals surface area contributed by atoms with Crippen molar-refractivity contribution in [3.05, 3.63) is 71.0 Å². The zero-order valence-electron chi connectivity index (χ0n) is 22.0. The van der Waals surface area contributed by atoms with E-state index in [0.29, 0.717) is 13.1 Å². The zero-order chi connectivity index (χ0) is 25.9. The molecule has 192 valence electrons. The normalized spacial score (nSPS) is 15.7. The molecule has 1 saturated heterocycles. The maximum atomic E-state index is 13.0. The SMILES string of the molecule is COc1ccc(-n2nc3c(N4CCC[C@H](C(=O)NCCc5ccc(C)cc5)C4)nnc(C)c3c2C)cc1. The van der Waals surface area contributed by atoms with Gasteiger partial charge in [0.2, 0.25) is 5.91 Å². The van der Waals surface area contributed by atoms with Gasteiger partial charge in [-0.3, -0.25) is 4.79 Å². The highest BCUT2D eigenvalue weighted by atomic mass is 16.5. The lowest BCUT2D eigenvalue weighted by molar-refractivity contribution is -0.125. The van der Waals surface area contributed by atoms with Crippen LogP contribution >= 0.6 is 0 Å². The summed E-state index contributed by atoms with van der Waals surface area (Å²) in [6.45, 7) is 8.17. The van der Waals surface area contributed by atoms with E-state index in [0.717, 1.165) is 65.4 Å². The van der Waals surface area contributed by atoms with Gasteiger partial charge in [-0.1, -0.05) is 29.8 Å². The predicted octanol–water partition coefficient (Wildman–Crippen LogP) is 4.32. The number of aryl methyl sites for hydroxylation is 3. The molecular weight excluding hydrogens is 464 g/mol. The third-order valence-corrected chi connectivity index (χ3v) is 7.23. The van der Waals surface area contributed by atoms with Crippen LogP contribution in [0.3, 0.4) is 0 Å². The van der Waals surface area contributed by atoms with Gasteiger partial charge in [-0.2, -0.15) is 10.2 Å². The molecular formula is C29H34N6O2. The minimum absolute atomic E-state index is 0.0882. The van der Waals surface area contributed by atoms with Crippen LogP contribution in [0.4, 0.5) is 5.82 Å². The Kier molecular flexibility index (Phi) is 7.08. The van der Waals surface area contributed by atoms with Crippen molar-refractivity contribution in [2.45, 2.75) is 40.0 Å². The number of piperidine rings is 1. The van der Waals surface area contributed by atoms with Gasteiger partial charge in [-0.15, -0.1) is 5.10 Å².